The first-order valence-corrected chi connectivity index (χ1v) is 46.2. The van der Waals surface area contributed by atoms with Crippen molar-refractivity contribution in [2.24, 2.45) is 0 Å². The molecular weight excluding hydrogens is 1350 g/mol. The van der Waals surface area contributed by atoms with E-state index >= 15 is 0 Å². The number of carbonyl (C=O) groups excluding carboxylic acids is 1. The zero-order valence-electron chi connectivity index (χ0n) is 69.9. The van der Waals surface area contributed by atoms with Gasteiger partial charge in [-0.2, -0.15) is 0 Å². The maximum atomic E-state index is 13.4. The van der Waals surface area contributed by atoms with E-state index in [1.54, 1.807) is 6.08 Å². The van der Waals surface area contributed by atoms with E-state index < -0.39 is 86.8 Å². The molecule has 2 saturated heterocycles. The quantitative estimate of drug-likeness (QED) is 0.0204. The van der Waals surface area contributed by atoms with Crippen molar-refractivity contribution >= 4 is 5.91 Å². The molecule has 2 rings (SSSR count). The maximum absolute atomic E-state index is 13.4. The molecule has 0 aromatic carbocycles. The molecule has 14 nitrogen and oxygen atoms in total. The molecule has 0 radical (unpaired) electrons. The lowest BCUT2D eigenvalue weighted by Crippen LogP contribution is -2.65. The van der Waals surface area contributed by atoms with Crippen LogP contribution in [0.3, 0.4) is 0 Å². The summed E-state index contributed by atoms with van der Waals surface area (Å²) < 4.78 is 22.9. The van der Waals surface area contributed by atoms with Crippen LogP contribution in [0.15, 0.2) is 72.9 Å². The first-order valence-electron chi connectivity index (χ1n) is 46.2. The van der Waals surface area contributed by atoms with E-state index in [1.165, 1.54) is 334 Å². The molecule has 2 aliphatic rings. The van der Waals surface area contributed by atoms with Crippen molar-refractivity contribution < 1.29 is 64.6 Å². The SMILES string of the molecule is CCCCCCC/C=C\C/C=C\C/C=C\CCCCCCCCCCCCCCCCCCCCCCCCCCCCC(=O)NC(COC1OC(CO)C(OC2OC(CO)C(O)C(O)C2O)C(O)C1O)C(O)/C=C/CC/C=C/CC/C=C/CCCCCCCCCCCCCCCCCCCCCCCCC. The van der Waals surface area contributed by atoms with Crippen LogP contribution >= 0.6 is 0 Å². The van der Waals surface area contributed by atoms with Crippen LogP contribution in [0.25, 0.3) is 0 Å². The number of unbranched alkanes of at least 4 members (excludes halogenated alkanes) is 56. The van der Waals surface area contributed by atoms with Gasteiger partial charge in [0.15, 0.2) is 12.6 Å². The number of ether oxygens (including phenoxy) is 4. The molecule has 0 saturated carbocycles. The summed E-state index contributed by atoms with van der Waals surface area (Å²) in [6.07, 6.45) is 91.8. The van der Waals surface area contributed by atoms with Crippen LogP contribution in [0.4, 0.5) is 0 Å². The number of allylic oxidation sites excluding steroid dienone is 11. The molecular formula is C94H173NO13. The lowest BCUT2D eigenvalue weighted by atomic mass is 9.97. The van der Waals surface area contributed by atoms with Crippen molar-refractivity contribution in [1.82, 2.24) is 5.32 Å². The number of amides is 1. The zero-order chi connectivity index (χ0) is 77.9. The third-order valence-electron chi connectivity index (χ3n) is 22.3. The number of aliphatic hydroxyl groups is 8. The summed E-state index contributed by atoms with van der Waals surface area (Å²) in [5, 5.41) is 87.8. The van der Waals surface area contributed by atoms with Gasteiger partial charge in [-0.05, 0) is 83.5 Å². The average molecular weight is 1530 g/mol. The van der Waals surface area contributed by atoms with Gasteiger partial charge in [0.25, 0.3) is 0 Å². The highest BCUT2D eigenvalue weighted by Gasteiger charge is 2.51. The second-order valence-electron chi connectivity index (χ2n) is 32.4. The first kappa shape index (κ1) is 102. The van der Waals surface area contributed by atoms with E-state index in [1.807, 2.05) is 6.08 Å². The van der Waals surface area contributed by atoms with Crippen LogP contribution in [0.1, 0.15) is 425 Å². The third kappa shape index (κ3) is 58.3. The van der Waals surface area contributed by atoms with Gasteiger partial charge in [0.05, 0.1) is 32.0 Å². The molecule has 632 valence electrons. The summed E-state index contributed by atoms with van der Waals surface area (Å²) in [5.74, 6) is -0.246. The van der Waals surface area contributed by atoms with Crippen molar-refractivity contribution in [3.63, 3.8) is 0 Å². The highest BCUT2D eigenvalue weighted by molar-refractivity contribution is 5.76. The minimum atomic E-state index is -1.80. The third-order valence-corrected chi connectivity index (χ3v) is 22.3. The number of nitrogens with one attached hydrogen (secondary N) is 1. The smallest absolute Gasteiger partial charge is 0.220 e. The van der Waals surface area contributed by atoms with Crippen molar-refractivity contribution in [2.75, 3.05) is 19.8 Å². The van der Waals surface area contributed by atoms with E-state index in [2.05, 4.69) is 79.9 Å². The van der Waals surface area contributed by atoms with Crippen LogP contribution in [-0.4, -0.2) is 140 Å². The van der Waals surface area contributed by atoms with Crippen LogP contribution in [0.5, 0.6) is 0 Å². The van der Waals surface area contributed by atoms with E-state index in [0.717, 1.165) is 57.8 Å². The predicted octanol–water partition coefficient (Wildman–Crippen LogP) is 22.8. The van der Waals surface area contributed by atoms with Crippen LogP contribution in [0.2, 0.25) is 0 Å². The number of carbonyl (C=O) groups is 1. The largest absolute Gasteiger partial charge is 0.394 e. The Balaban J connectivity index is 1.56. The average Bonchev–Trinajstić information content (AvgIpc) is 0.789. The van der Waals surface area contributed by atoms with Crippen LogP contribution < -0.4 is 5.32 Å². The Morgan fingerprint density at radius 3 is 0.972 bits per heavy atom. The molecule has 9 N–H and O–H groups in total. The lowest BCUT2D eigenvalue weighted by molar-refractivity contribution is -0.359. The summed E-state index contributed by atoms with van der Waals surface area (Å²) in [5.41, 5.74) is 0. The van der Waals surface area contributed by atoms with Gasteiger partial charge in [-0.3, -0.25) is 4.79 Å². The lowest BCUT2D eigenvalue weighted by Gasteiger charge is -2.46. The standard InChI is InChI=1S/C94H173NO13/c1-3-5-7-9-11-13-15-17-19-21-23-25-27-29-31-33-35-37-38-39-40-41-42-43-44-46-48-50-52-54-56-58-60-62-64-66-68-70-72-74-76-78-86(99)95-82(81-105-93-91(104)89(102)92(85(80-97)107-93)108-94-90(103)88(101)87(100)84(79-96)106-94)83(98)77-75-73-71-69-67-65-63-61-59-57-55-53-51-49-47-45-36-34-32-30-28-26-24-22-20-18-16-14-12-10-8-6-4-2/h15,17,21,23,27,29,59,61,67,69,75,77,82-85,87-94,96-98,100-104H,3-14,16,18-20,22,24-26,28,30-58,60,62-66,68,70-74,76,78-81H2,1-2H3,(H,95,99)/b17-15-,23-21-,29-27-,61-59+,69-67+,77-75+. The minimum absolute atomic E-state index is 0.246. The molecule has 108 heavy (non-hydrogen) atoms. The Hall–Kier alpha value is -2.57. The number of hydrogen-bond donors (Lipinski definition) is 9. The van der Waals surface area contributed by atoms with Gasteiger partial charge in [-0.1, -0.05) is 408 Å². The van der Waals surface area contributed by atoms with Gasteiger partial charge in [0.1, 0.15) is 48.8 Å². The Bertz CT molecular complexity index is 2100. The molecule has 2 fully saturated rings. The minimum Gasteiger partial charge on any atom is -0.394 e. The van der Waals surface area contributed by atoms with Crippen LogP contribution in [0, 0.1) is 0 Å². The molecule has 0 aliphatic carbocycles. The van der Waals surface area contributed by atoms with E-state index in [9.17, 15) is 45.6 Å². The molecule has 0 aromatic rings. The van der Waals surface area contributed by atoms with Gasteiger partial charge in [0, 0.05) is 6.42 Å². The monoisotopic (exact) mass is 1520 g/mol. The van der Waals surface area contributed by atoms with E-state index in [-0.39, 0.29) is 18.9 Å². The van der Waals surface area contributed by atoms with Gasteiger partial charge < -0.3 is 65.1 Å². The molecule has 2 aliphatic heterocycles. The second kappa shape index (κ2) is 77.0. The Labute approximate surface area is 663 Å². The van der Waals surface area contributed by atoms with Gasteiger partial charge >= 0.3 is 0 Å². The molecule has 2 heterocycles. The molecule has 12 unspecified atom stereocenters. The molecule has 0 aromatic heterocycles. The summed E-state index contributed by atoms with van der Waals surface area (Å²) in [4.78, 5) is 13.4. The Kier molecular flexibility index (Phi) is 72.4. The summed E-state index contributed by atoms with van der Waals surface area (Å²) in [6.45, 7) is 2.83. The fraction of sp³-hybridized carbons (Fsp3) is 0.862. The van der Waals surface area contributed by atoms with Crippen molar-refractivity contribution in [3.8, 4) is 0 Å². The fourth-order valence-corrected chi connectivity index (χ4v) is 15.1. The predicted molar refractivity (Wildman–Crippen MR) is 452 cm³/mol. The highest BCUT2D eigenvalue weighted by atomic mass is 16.7. The summed E-state index contributed by atoms with van der Waals surface area (Å²) in [6, 6.07) is -0.942. The second-order valence-corrected chi connectivity index (χ2v) is 32.4. The number of aliphatic hydroxyl groups excluding tert-OH is 8. The Morgan fingerprint density at radius 1 is 0.333 bits per heavy atom. The number of hydrogen-bond acceptors (Lipinski definition) is 13. The molecule has 0 spiro atoms. The van der Waals surface area contributed by atoms with Crippen molar-refractivity contribution in [1.29, 1.82) is 0 Å². The summed E-state index contributed by atoms with van der Waals surface area (Å²) in [7, 11) is 0. The molecule has 12 atom stereocenters. The maximum Gasteiger partial charge on any atom is 0.220 e. The molecule has 0 bridgehead atoms. The van der Waals surface area contributed by atoms with E-state index in [0.29, 0.717) is 12.8 Å². The highest BCUT2D eigenvalue weighted by Crippen LogP contribution is 2.31. The normalized spacial score (nSPS) is 21.4. The van der Waals surface area contributed by atoms with Gasteiger partial charge in [-0.15, -0.1) is 0 Å². The zero-order valence-corrected chi connectivity index (χ0v) is 69.9. The number of rotatable bonds is 79. The van der Waals surface area contributed by atoms with Crippen molar-refractivity contribution in [2.45, 2.75) is 498 Å². The Morgan fingerprint density at radius 2 is 0.620 bits per heavy atom. The molecule has 14 heteroatoms. The van der Waals surface area contributed by atoms with E-state index in [4.69, 9.17) is 18.9 Å². The van der Waals surface area contributed by atoms with Crippen molar-refractivity contribution in [3.05, 3.63) is 72.9 Å². The summed E-state index contributed by atoms with van der Waals surface area (Å²) >= 11 is 0. The van der Waals surface area contributed by atoms with Gasteiger partial charge in [-0.25, -0.2) is 0 Å². The van der Waals surface area contributed by atoms with Gasteiger partial charge in [0.2, 0.25) is 5.91 Å². The fourth-order valence-electron chi connectivity index (χ4n) is 15.1. The van der Waals surface area contributed by atoms with Crippen LogP contribution in [-0.2, 0) is 23.7 Å². The first-order chi connectivity index (χ1) is 53.1. The molecule has 1 amide bonds. The topological polar surface area (TPSA) is 228 Å².